The zero-order valence-electron chi connectivity index (χ0n) is 34.2. The number of nitrogens with one attached hydrogen (secondary N) is 3. The van der Waals surface area contributed by atoms with E-state index in [0.29, 0.717) is 64.8 Å². The summed E-state index contributed by atoms with van der Waals surface area (Å²) < 4.78 is 23.2. The Morgan fingerprint density at radius 2 is 1.79 bits per heavy atom. The highest BCUT2D eigenvalue weighted by atomic mass is 32.1. The van der Waals surface area contributed by atoms with E-state index < -0.39 is 53.0 Å². The molecule has 8 atom stereocenters. The molecule has 16 heteroatoms. The lowest BCUT2D eigenvalue weighted by Crippen LogP contribution is -2.59. The molecule has 1 saturated heterocycles. The minimum Gasteiger partial charge on any atom is -0.488 e. The SMILES string of the molecule is CC[C@@H]1C[C@]1(NC(=O)[C@@H]1C[C@H](Oc2cc(-c3csc(NC(C)C)n3)nc3cc(OCC=O)ccc23)CN1C(=O)[C@@H](NC(=O)OC1C[C@@H]2C[C@@H]2C1)C(C)(C)C)C(=O)OC. The Morgan fingerprint density at radius 1 is 1.03 bits per heavy atom. The van der Waals surface area contributed by atoms with Crippen LogP contribution < -0.4 is 25.4 Å². The summed E-state index contributed by atoms with van der Waals surface area (Å²) in [5.74, 6) is 0.491. The van der Waals surface area contributed by atoms with E-state index in [2.05, 4.69) is 16.0 Å². The van der Waals surface area contributed by atoms with Crippen LogP contribution in [-0.4, -0.2) is 101 Å². The number of carbonyl (C=O) groups excluding carboxylic acids is 5. The van der Waals surface area contributed by atoms with E-state index in [-0.39, 0.29) is 37.6 Å². The third kappa shape index (κ3) is 8.71. The molecule has 58 heavy (non-hydrogen) atoms. The van der Waals surface area contributed by atoms with Crippen LogP contribution in [0.25, 0.3) is 22.3 Å². The van der Waals surface area contributed by atoms with Crippen LogP contribution in [0.3, 0.4) is 0 Å². The minimum atomic E-state index is -1.18. The molecule has 3 aliphatic carbocycles. The molecule has 312 valence electrons. The van der Waals surface area contributed by atoms with Gasteiger partial charge in [-0.1, -0.05) is 34.1 Å². The summed E-state index contributed by atoms with van der Waals surface area (Å²) in [4.78, 5) is 77.6. The number of hydrogen-bond donors (Lipinski definition) is 3. The van der Waals surface area contributed by atoms with E-state index in [0.717, 1.165) is 18.0 Å². The highest BCUT2D eigenvalue weighted by molar-refractivity contribution is 7.14. The summed E-state index contributed by atoms with van der Waals surface area (Å²) in [5.41, 5.74) is -0.280. The molecule has 7 rings (SSSR count). The number of esters is 1. The van der Waals surface area contributed by atoms with Crippen molar-refractivity contribution in [3.63, 3.8) is 0 Å². The van der Waals surface area contributed by atoms with Crippen LogP contribution in [0.15, 0.2) is 29.6 Å². The highest BCUT2D eigenvalue weighted by Gasteiger charge is 2.62. The number of likely N-dealkylation sites (tertiary alicyclic amines) is 1. The molecule has 4 fully saturated rings. The van der Waals surface area contributed by atoms with Crippen molar-refractivity contribution in [1.82, 2.24) is 25.5 Å². The van der Waals surface area contributed by atoms with Gasteiger partial charge in [0.05, 0.1) is 24.9 Å². The molecule has 0 radical (unpaired) electrons. The number of fused-ring (bicyclic) bond motifs is 2. The number of aldehydes is 1. The number of alkyl carbamates (subject to hydrolysis) is 1. The second-order valence-electron chi connectivity index (χ2n) is 17.4. The number of nitrogens with zero attached hydrogens (tertiary/aromatic N) is 3. The second kappa shape index (κ2) is 16.3. The average Bonchev–Trinajstić information content (AvgIpc) is 3.84. The van der Waals surface area contributed by atoms with Crippen LogP contribution in [-0.2, 0) is 28.7 Å². The number of pyridine rings is 1. The van der Waals surface area contributed by atoms with Crippen molar-refractivity contribution in [3.8, 4) is 22.9 Å². The maximum Gasteiger partial charge on any atom is 0.408 e. The fourth-order valence-corrected chi connectivity index (χ4v) is 9.37. The molecular weight excluding hydrogens is 765 g/mol. The first kappa shape index (κ1) is 41.2. The molecule has 0 spiro atoms. The standard InChI is InChI=1S/C42H54N6O9S/c1-8-25-19-42(25,38(52)54-7)47-36(50)33-17-28(20-48(33)37(51)35(41(4,5)6)46-40(53)57-27-14-23-13-24(23)15-27)56-34-18-31(32-21-58-39(45-32)43-22(2)3)44-30-16-26(55-12-11-49)9-10-29(30)34/h9-11,16,18,21-25,27-28,33,35H,8,12-15,17,19-20H2,1-7H3,(H,43,45)(H,46,53)(H,47,50)/t23-,24+,25-,27?,28+,33+,35-,42-/m1/s1. The van der Waals surface area contributed by atoms with Gasteiger partial charge in [0.1, 0.15) is 53.6 Å². The number of anilines is 1. The van der Waals surface area contributed by atoms with Crippen LogP contribution >= 0.6 is 11.3 Å². The normalized spacial score (nSPS) is 26.4. The number of benzene rings is 1. The predicted molar refractivity (Wildman–Crippen MR) is 216 cm³/mol. The molecule has 3 amide bonds. The monoisotopic (exact) mass is 818 g/mol. The molecule has 2 aromatic heterocycles. The van der Waals surface area contributed by atoms with Crippen molar-refractivity contribution >= 4 is 57.5 Å². The van der Waals surface area contributed by atoms with Crippen molar-refractivity contribution in [1.29, 1.82) is 0 Å². The number of hydrogen-bond acceptors (Lipinski definition) is 13. The summed E-state index contributed by atoms with van der Waals surface area (Å²) in [6, 6.07) is 5.09. The van der Waals surface area contributed by atoms with Gasteiger partial charge in [0.15, 0.2) is 11.4 Å². The number of rotatable bonds is 15. The second-order valence-corrected chi connectivity index (χ2v) is 18.3. The molecule has 3 aromatic rings. The van der Waals surface area contributed by atoms with Gasteiger partial charge in [0.25, 0.3) is 0 Å². The third-order valence-electron chi connectivity index (χ3n) is 11.7. The highest BCUT2D eigenvalue weighted by Crippen LogP contribution is 2.52. The zero-order chi connectivity index (χ0) is 41.5. The zero-order valence-corrected chi connectivity index (χ0v) is 35.0. The quantitative estimate of drug-likeness (QED) is 0.129. The van der Waals surface area contributed by atoms with Gasteiger partial charge in [-0.25, -0.2) is 19.6 Å². The Balaban J connectivity index is 1.20. The summed E-state index contributed by atoms with van der Waals surface area (Å²) in [6.45, 7) is 11.4. The van der Waals surface area contributed by atoms with Gasteiger partial charge < -0.3 is 39.8 Å². The Labute approximate surface area is 342 Å². The van der Waals surface area contributed by atoms with Crippen molar-refractivity contribution in [2.24, 2.45) is 23.2 Å². The van der Waals surface area contributed by atoms with E-state index in [4.69, 9.17) is 28.9 Å². The molecule has 4 aliphatic rings. The number of amides is 3. The largest absolute Gasteiger partial charge is 0.488 e. The number of thiazole rings is 1. The van der Waals surface area contributed by atoms with Gasteiger partial charge in [-0.15, -0.1) is 11.3 Å². The Morgan fingerprint density at radius 3 is 2.45 bits per heavy atom. The van der Waals surface area contributed by atoms with E-state index in [1.54, 1.807) is 24.3 Å². The van der Waals surface area contributed by atoms with E-state index in [1.807, 2.05) is 46.9 Å². The van der Waals surface area contributed by atoms with Crippen LogP contribution in [0.5, 0.6) is 11.5 Å². The number of methoxy groups -OCH3 is 1. The van der Waals surface area contributed by atoms with E-state index >= 15 is 0 Å². The van der Waals surface area contributed by atoms with Gasteiger partial charge in [0.2, 0.25) is 11.8 Å². The van der Waals surface area contributed by atoms with Crippen molar-refractivity contribution < 1.29 is 42.9 Å². The Kier molecular flexibility index (Phi) is 11.6. The Hall–Kier alpha value is -4.99. The number of ether oxygens (including phenoxy) is 4. The van der Waals surface area contributed by atoms with Crippen molar-refractivity contribution in [2.45, 2.75) is 116 Å². The molecule has 0 bridgehead atoms. The average molecular weight is 819 g/mol. The molecule has 1 aromatic carbocycles. The molecule has 1 aliphatic heterocycles. The molecule has 3 heterocycles. The van der Waals surface area contributed by atoms with Crippen LogP contribution in [0.4, 0.5) is 9.93 Å². The van der Waals surface area contributed by atoms with Crippen molar-refractivity contribution in [3.05, 3.63) is 29.6 Å². The van der Waals surface area contributed by atoms with Crippen molar-refractivity contribution in [2.75, 3.05) is 25.6 Å². The summed E-state index contributed by atoms with van der Waals surface area (Å²) in [7, 11) is 1.29. The lowest BCUT2D eigenvalue weighted by molar-refractivity contribution is -0.148. The fourth-order valence-electron chi connectivity index (χ4n) is 8.52. The number of carbonyl (C=O) groups is 5. The smallest absolute Gasteiger partial charge is 0.408 e. The summed E-state index contributed by atoms with van der Waals surface area (Å²) in [6.07, 6.45) is 3.15. The molecular formula is C42H54N6O9S. The maximum absolute atomic E-state index is 14.7. The fraction of sp³-hybridized carbons (Fsp3) is 0.595. The van der Waals surface area contributed by atoms with Crippen LogP contribution in [0.1, 0.15) is 80.1 Å². The van der Waals surface area contributed by atoms with E-state index in [9.17, 15) is 24.0 Å². The summed E-state index contributed by atoms with van der Waals surface area (Å²) in [5, 5.41) is 12.4. The first-order valence-electron chi connectivity index (χ1n) is 20.2. The predicted octanol–water partition coefficient (Wildman–Crippen LogP) is 5.50. The number of aromatic nitrogens is 2. The van der Waals surface area contributed by atoms with Gasteiger partial charge in [0, 0.05) is 35.4 Å². The lowest BCUT2D eigenvalue weighted by Gasteiger charge is -2.35. The molecule has 1 unspecified atom stereocenters. The van der Waals surface area contributed by atoms with Gasteiger partial charge in [-0.05, 0) is 74.8 Å². The summed E-state index contributed by atoms with van der Waals surface area (Å²) >= 11 is 1.45. The third-order valence-corrected chi connectivity index (χ3v) is 12.5. The minimum absolute atomic E-state index is 0.00742. The van der Waals surface area contributed by atoms with Gasteiger partial charge >= 0.3 is 12.1 Å². The van der Waals surface area contributed by atoms with Crippen LogP contribution in [0.2, 0.25) is 0 Å². The molecule has 3 N–H and O–H groups in total. The maximum atomic E-state index is 14.7. The Bertz CT molecular complexity index is 2060. The first-order chi connectivity index (χ1) is 27.6. The first-order valence-corrected chi connectivity index (χ1v) is 21.1. The topological polar surface area (TPSA) is 187 Å². The van der Waals surface area contributed by atoms with Gasteiger partial charge in [-0.3, -0.25) is 14.4 Å². The van der Waals surface area contributed by atoms with Gasteiger partial charge in [-0.2, -0.15) is 0 Å². The lowest BCUT2D eigenvalue weighted by atomic mass is 9.85. The molecule has 3 saturated carbocycles. The van der Waals surface area contributed by atoms with Crippen LogP contribution in [0, 0.1) is 23.2 Å². The molecule has 15 nitrogen and oxygen atoms in total. The van der Waals surface area contributed by atoms with E-state index in [1.165, 1.54) is 29.8 Å².